The summed E-state index contributed by atoms with van der Waals surface area (Å²) in [5, 5.41) is 16.5. The molecule has 122 valence electrons. The Bertz CT molecular complexity index is 943. The van der Waals surface area contributed by atoms with Crippen LogP contribution in [0.1, 0.15) is 21.5 Å². The first-order chi connectivity index (χ1) is 11.6. The standard InChI is InChI=1S/C18H17N3O2S/c1-12-6-2-4-8-14(12)16-19-20-18(24)21(16)11-10-13-7-3-5-9-15(13)17(22)23/h2-9H,10-11H2,1H3,(H,20,24)(H,22,23). The Morgan fingerprint density at radius 2 is 1.92 bits per heavy atom. The van der Waals surface area contributed by atoms with Crippen LogP contribution in [0.15, 0.2) is 48.5 Å². The number of nitrogens with one attached hydrogen (secondary N) is 1. The predicted octanol–water partition coefficient (Wildman–Crippen LogP) is 3.86. The highest BCUT2D eigenvalue weighted by atomic mass is 32.1. The smallest absolute Gasteiger partial charge is 0.335 e. The van der Waals surface area contributed by atoms with Crippen LogP contribution >= 0.6 is 12.2 Å². The zero-order valence-corrected chi connectivity index (χ0v) is 14.0. The Hall–Kier alpha value is -2.73. The van der Waals surface area contributed by atoms with Crippen LogP contribution in [0.3, 0.4) is 0 Å². The molecule has 2 aromatic carbocycles. The minimum Gasteiger partial charge on any atom is -0.478 e. The van der Waals surface area contributed by atoms with Gasteiger partial charge in [-0.1, -0.05) is 42.5 Å². The molecule has 24 heavy (non-hydrogen) atoms. The van der Waals surface area contributed by atoms with Crippen molar-refractivity contribution in [1.29, 1.82) is 0 Å². The number of carbonyl (C=O) groups is 1. The number of benzene rings is 2. The Kier molecular flexibility index (Phi) is 4.57. The number of aryl methyl sites for hydroxylation is 2. The molecule has 0 spiro atoms. The van der Waals surface area contributed by atoms with Gasteiger partial charge in [0, 0.05) is 12.1 Å². The molecule has 6 heteroatoms. The number of hydrogen-bond acceptors (Lipinski definition) is 3. The summed E-state index contributed by atoms with van der Waals surface area (Å²) in [6.45, 7) is 2.58. The van der Waals surface area contributed by atoms with Crippen molar-refractivity contribution in [2.24, 2.45) is 0 Å². The molecule has 0 atom stereocenters. The molecule has 5 nitrogen and oxygen atoms in total. The molecule has 1 heterocycles. The number of carboxylic acid groups (broad SMARTS) is 1. The van der Waals surface area contributed by atoms with Crippen LogP contribution < -0.4 is 0 Å². The first-order valence-electron chi connectivity index (χ1n) is 7.60. The summed E-state index contributed by atoms with van der Waals surface area (Å²) >= 11 is 5.34. The summed E-state index contributed by atoms with van der Waals surface area (Å²) in [6, 6.07) is 15.0. The summed E-state index contributed by atoms with van der Waals surface area (Å²) in [4.78, 5) is 11.3. The highest BCUT2D eigenvalue weighted by Gasteiger charge is 2.13. The summed E-state index contributed by atoms with van der Waals surface area (Å²) in [5.74, 6) is -0.147. The van der Waals surface area contributed by atoms with E-state index in [0.29, 0.717) is 23.3 Å². The van der Waals surface area contributed by atoms with Gasteiger partial charge in [0.05, 0.1) is 5.56 Å². The largest absolute Gasteiger partial charge is 0.478 e. The number of hydrogen-bond donors (Lipinski definition) is 2. The van der Waals surface area contributed by atoms with Gasteiger partial charge in [0.25, 0.3) is 0 Å². The van der Waals surface area contributed by atoms with Crippen LogP contribution in [-0.2, 0) is 13.0 Å². The van der Waals surface area contributed by atoms with Crippen molar-refractivity contribution >= 4 is 18.2 Å². The summed E-state index contributed by atoms with van der Waals surface area (Å²) in [5.41, 5.74) is 3.23. The van der Waals surface area contributed by atoms with E-state index in [1.807, 2.05) is 47.9 Å². The van der Waals surface area contributed by atoms with Crippen molar-refractivity contribution < 1.29 is 9.90 Å². The van der Waals surface area contributed by atoms with Gasteiger partial charge in [-0.2, -0.15) is 5.10 Å². The molecule has 0 amide bonds. The molecule has 0 bridgehead atoms. The van der Waals surface area contributed by atoms with Crippen molar-refractivity contribution in [3.05, 3.63) is 70.0 Å². The molecular weight excluding hydrogens is 322 g/mol. The van der Waals surface area contributed by atoms with E-state index in [1.165, 1.54) is 0 Å². The first kappa shape index (κ1) is 16.1. The van der Waals surface area contributed by atoms with Gasteiger partial charge in [-0.15, -0.1) is 0 Å². The van der Waals surface area contributed by atoms with Crippen LogP contribution in [-0.4, -0.2) is 25.8 Å². The second kappa shape index (κ2) is 6.80. The van der Waals surface area contributed by atoms with Crippen molar-refractivity contribution in [1.82, 2.24) is 14.8 Å². The summed E-state index contributed by atoms with van der Waals surface area (Å²) in [7, 11) is 0. The molecule has 3 aromatic rings. The average Bonchev–Trinajstić information content (AvgIpc) is 2.94. The van der Waals surface area contributed by atoms with E-state index in [4.69, 9.17) is 12.2 Å². The van der Waals surface area contributed by atoms with Crippen LogP contribution in [0, 0.1) is 11.7 Å². The maximum Gasteiger partial charge on any atom is 0.335 e. The van der Waals surface area contributed by atoms with Gasteiger partial charge in [0.2, 0.25) is 0 Å². The maximum atomic E-state index is 11.3. The van der Waals surface area contributed by atoms with Gasteiger partial charge >= 0.3 is 5.97 Å². The molecule has 0 saturated heterocycles. The van der Waals surface area contributed by atoms with Crippen molar-refractivity contribution in [3.63, 3.8) is 0 Å². The minimum absolute atomic E-state index is 0.324. The molecule has 0 aliphatic heterocycles. The molecule has 0 saturated carbocycles. The molecule has 2 N–H and O–H groups in total. The van der Waals surface area contributed by atoms with Gasteiger partial charge in [0.1, 0.15) is 0 Å². The fourth-order valence-corrected chi connectivity index (χ4v) is 2.96. The summed E-state index contributed by atoms with van der Waals surface area (Å²) in [6.07, 6.45) is 0.565. The van der Waals surface area contributed by atoms with Crippen LogP contribution in [0.25, 0.3) is 11.4 Å². The van der Waals surface area contributed by atoms with E-state index in [0.717, 1.165) is 22.5 Å². The number of carboxylic acids is 1. The van der Waals surface area contributed by atoms with Crippen LogP contribution in [0.4, 0.5) is 0 Å². The highest BCUT2D eigenvalue weighted by molar-refractivity contribution is 7.71. The molecule has 0 aliphatic rings. The quantitative estimate of drug-likeness (QED) is 0.693. The molecule has 1 aromatic heterocycles. The van der Waals surface area contributed by atoms with E-state index in [9.17, 15) is 9.90 Å². The molecule has 0 aliphatic carbocycles. The second-order valence-electron chi connectivity index (χ2n) is 5.53. The van der Waals surface area contributed by atoms with E-state index < -0.39 is 5.97 Å². The van der Waals surface area contributed by atoms with Gasteiger partial charge < -0.3 is 5.11 Å². The van der Waals surface area contributed by atoms with Crippen molar-refractivity contribution in [2.45, 2.75) is 19.9 Å². The second-order valence-corrected chi connectivity index (χ2v) is 5.92. The number of H-pyrrole nitrogens is 1. The Morgan fingerprint density at radius 3 is 2.67 bits per heavy atom. The van der Waals surface area contributed by atoms with Gasteiger partial charge in [-0.3, -0.25) is 9.67 Å². The Morgan fingerprint density at radius 1 is 1.21 bits per heavy atom. The number of nitrogens with zero attached hydrogens (tertiary/aromatic N) is 2. The topological polar surface area (TPSA) is 70.9 Å². The zero-order chi connectivity index (χ0) is 17.1. The first-order valence-corrected chi connectivity index (χ1v) is 8.01. The third kappa shape index (κ3) is 3.14. The highest BCUT2D eigenvalue weighted by Crippen LogP contribution is 2.22. The number of aromatic amines is 1. The maximum absolute atomic E-state index is 11.3. The number of rotatable bonds is 5. The molecule has 0 unspecified atom stereocenters. The van der Waals surface area contributed by atoms with Crippen LogP contribution in [0.5, 0.6) is 0 Å². The normalized spacial score (nSPS) is 10.7. The molecule has 3 rings (SSSR count). The predicted molar refractivity (Wildman–Crippen MR) is 94.7 cm³/mol. The minimum atomic E-state index is -0.916. The zero-order valence-electron chi connectivity index (χ0n) is 13.2. The van der Waals surface area contributed by atoms with E-state index in [-0.39, 0.29) is 0 Å². The van der Waals surface area contributed by atoms with E-state index >= 15 is 0 Å². The SMILES string of the molecule is Cc1ccccc1-c1n[nH]c(=S)n1CCc1ccccc1C(=O)O. The van der Waals surface area contributed by atoms with Crippen molar-refractivity contribution in [3.8, 4) is 11.4 Å². The monoisotopic (exact) mass is 339 g/mol. The lowest BCUT2D eigenvalue weighted by Gasteiger charge is -2.10. The average molecular weight is 339 g/mol. The van der Waals surface area contributed by atoms with Crippen molar-refractivity contribution in [2.75, 3.05) is 0 Å². The Balaban J connectivity index is 1.93. The molecular formula is C18H17N3O2S. The Labute approximate surface area is 144 Å². The molecule has 0 radical (unpaired) electrons. The van der Waals surface area contributed by atoms with Crippen LogP contribution in [0.2, 0.25) is 0 Å². The summed E-state index contributed by atoms with van der Waals surface area (Å²) < 4.78 is 2.44. The van der Waals surface area contributed by atoms with E-state index in [1.54, 1.807) is 12.1 Å². The lowest BCUT2D eigenvalue weighted by Crippen LogP contribution is -2.08. The van der Waals surface area contributed by atoms with Gasteiger partial charge in [0.15, 0.2) is 10.6 Å². The van der Waals surface area contributed by atoms with Gasteiger partial charge in [-0.05, 0) is 42.8 Å². The fourth-order valence-electron chi connectivity index (χ4n) is 2.73. The number of aromatic nitrogens is 3. The molecule has 0 fully saturated rings. The fraction of sp³-hybridized carbons (Fsp3) is 0.167. The third-order valence-corrected chi connectivity index (χ3v) is 4.31. The van der Waals surface area contributed by atoms with E-state index in [2.05, 4.69) is 10.2 Å². The lowest BCUT2D eigenvalue weighted by molar-refractivity contribution is 0.0695. The van der Waals surface area contributed by atoms with Gasteiger partial charge in [-0.25, -0.2) is 4.79 Å². The lowest BCUT2D eigenvalue weighted by atomic mass is 10.0. The number of aromatic carboxylic acids is 1. The third-order valence-electron chi connectivity index (χ3n) is 4.00.